The lowest BCUT2D eigenvalue weighted by Gasteiger charge is -2.05. The molecule has 1 aromatic carbocycles. The maximum Gasteiger partial charge on any atom is 0.264 e. The van der Waals surface area contributed by atoms with Crippen LogP contribution in [-0.2, 0) is 0 Å². The maximum absolute atomic E-state index is 11.7. The molecular formula is C12H10BrIN2O. The average Bonchev–Trinajstić information content (AvgIpc) is 2.29. The first-order valence-corrected chi connectivity index (χ1v) is 6.89. The Morgan fingerprint density at radius 3 is 2.65 bits per heavy atom. The second kappa shape index (κ2) is 4.89. The highest BCUT2D eigenvalue weighted by Gasteiger charge is 2.07. The van der Waals surface area contributed by atoms with Gasteiger partial charge in [0.2, 0.25) is 0 Å². The van der Waals surface area contributed by atoms with Gasteiger partial charge >= 0.3 is 0 Å². The van der Waals surface area contributed by atoms with Gasteiger partial charge in [0.1, 0.15) is 5.82 Å². The molecule has 0 aliphatic heterocycles. The minimum Gasteiger partial charge on any atom is -0.306 e. The average molecular weight is 405 g/mol. The molecule has 2 rings (SSSR count). The lowest BCUT2D eigenvalue weighted by molar-refractivity contribution is 1.05. The number of aromatic amines is 1. The third kappa shape index (κ3) is 2.60. The quantitative estimate of drug-likeness (QED) is 0.740. The molecular weight excluding hydrogens is 395 g/mol. The molecule has 1 aromatic heterocycles. The number of halogens is 2. The van der Waals surface area contributed by atoms with E-state index in [4.69, 9.17) is 0 Å². The monoisotopic (exact) mass is 404 g/mol. The molecule has 0 spiro atoms. The first-order valence-electron chi connectivity index (χ1n) is 5.02. The molecule has 1 heterocycles. The Balaban J connectivity index is 2.61. The van der Waals surface area contributed by atoms with E-state index in [-0.39, 0.29) is 5.56 Å². The number of rotatable bonds is 1. The van der Waals surface area contributed by atoms with E-state index in [0.29, 0.717) is 9.39 Å². The van der Waals surface area contributed by atoms with Crippen LogP contribution in [0.1, 0.15) is 11.3 Å². The summed E-state index contributed by atoms with van der Waals surface area (Å²) in [4.78, 5) is 18.9. The molecule has 17 heavy (non-hydrogen) atoms. The summed E-state index contributed by atoms with van der Waals surface area (Å²) >= 11 is 5.45. The molecule has 3 nitrogen and oxygen atoms in total. The smallest absolute Gasteiger partial charge is 0.264 e. The first kappa shape index (κ1) is 12.8. The van der Waals surface area contributed by atoms with Crippen molar-refractivity contribution in [3.05, 3.63) is 47.9 Å². The second-order valence-electron chi connectivity index (χ2n) is 3.78. The Hall–Kier alpha value is -0.690. The highest BCUT2D eigenvalue weighted by Crippen LogP contribution is 2.22. The van der Waals surface area contributed by atoms with E-state index in [1.807, 2.05) is 54.6 Å². The number of aryl methyl sites for hydroxylation is 2. The Bertz CT molecular complexity index is 637. The van der Waals surface area contributed by atoms with Crippen LogP contribution in [-0.4, -0.2) is 9.97 Å². The van der Waals surface area contributed by atoms with Gasteiger partial charge in [0.15, 0.2) is 0 Å². The molecule has 88 valence electrons. The van der Waals surface area contributed by atoms with Crippen molar-refractivity contribution in [2.24, 2.45) is 0 Å². The van der Waals surface area contributed by atoms with E-state index in [2.05, 4.69) is 25.9 Å². The van der Waals surface area contributed by atoms with Crippen LogP contribution >= 0.6 is 38.5 Å². The molecule has 0 saturated carbocycles. The number of hydrogen-bond donors (Lipinski definition) is 1. The van der Waals surface area contributed by atoms with Gasteiger partial charge in [-0.1, -0.05) is 22.0 Å². The Morgan fingerprint density at radius 2 is 2.06 bits per heavy atom. The fraction of sp³-hybridized carbons (Fsp3) is 0.167. The molecule has 2 aromatic rings. The summed E-state index contributed by atoms with van der Waals surface area (Å²) in [5.41, 5.74) is 2.70. The van der Waals surface area contributed by atoms with Crippen molar-refractivity contribution >= 4 is 38.5 Å². The van der Waals surface area contributed by atoms with Crippen LogP contribution in [0.15, 0.2) is 27.5 Å². The SMILES string of the molecule is Cc1cc(-c2nc(C)c(I)c(=O)[nH]2)ccc1Br. The summed E-state index contributed by atoms with van der Waals surface area (Å²) in [6, 6.07) is 5.88. The Kier molecular flexibility index (Phi) is 3.67. The van der Waals surface area contributed by atoms with Crippen molar-refractivity contribution in [2.45, 2.75) is 13.8 Å². The first-order chi connectivity index (χ1) is 7.99. The maximum atomic E-state index is 11.7. The minimum atomic E-state index is -0.0892. The summed E-state index contributed by atoms with van der Waals surface area (Å²) < 4.78 is 1.69. The number of aromatic nitrogens is 2. The van der Waals surface area contributed by atoms with E-state index in [1.165, 1.54) is 0 Å². The van der Waals surface area contributed by atoms with Crippen LogP contribution in [0.3, 0.4) is 0 Å². The van der Waals surface area contributed by atoms with Gasteiger partial charge in [0.25, 0.3) is 5.56 Å². The van der Waals surface area contributed by atoms with Gasteiger partial charge in [0.05, 0.1) is 9.26 Å². The lowest BCUT2D eigenvalue weighted by Crippen LogP contribution is -2.14. The fourth-order valence-electron chi connectivity index (χ4n) is 1.50. The van der Waals surface area contributed by atoms with Crippen LogP contribution in [0, 0.1) is 17.4 Å². The third-order valence-corrected chi connectivity index (χ3v) is 4.62. The van der Waals surface area contributed by atoms with Crippen molar-refractivity contribution in [2.75, 3.05) is 0 Å². The molecule has 1 N–H and O–H groups in total. The van der Waals surface area contributed by atoms with Crippen LogP contribution in [0.25, 0.3) is 11.4 Å². The predicted molar refractivity (Wildman–Crippen MR) is 80.2 cm³/mol. The van der Waals surface area contributed by atoms with Gasteiger partial charge in [0, 0.05) is 10.0 Å². The third-order valence-electron chi connectivity index (χ3n) is 2.46. The van der Waals surface area contributed by atoms with Crippen LogP contribution in [0.2, 0.25) is 0 Å². The molecule has 0 fully saturated rings. The van der Waals surface area contributed by atoms with Gasteiger partial charge in [-0.2, -0.15) is 0 Å². The summed E-state index contributed by atoms with van der Waals surface area (Å²) in [6.45, 7) is 3.84. The second-order valence-corrected chi connectivity index (χ2v) is 5.71. The summed E-state index contributed by atoms with van der Waals surface area (Å²) in [5.74, 6) is 0.614. The summed E-state index contributed by atoms with van der Waals surface area (Å²) in [7, 11) is 0. The van der Waals surface area contributed by atoms with E-state index in [9.17, 15) is 4.79 Å². The molecule has 0 saturated heterocycles. The van der Waals surface area contributed by atoms with Crippen LogP contribution < -0.4 is 5.56 Å². The molecule has 5 heteroatoms. The molecule has 0 amide bonds. The van der Waals surface area contributed by atoms with Crippen LogP contribution in [0.5, 0.6) is 0 Å². The normalized spacial score (nSPS) is 10.6. The van der Waals surface area contributed by atoms with Crippen molar-refractivity contribution in [3.63, 3.8) is 0 Å². The zero-order valence-corrected chi connectivity index (χ0v) is 13.1. The predicted octanol–water partition coefficient (Wildman–Crippen LogP) is 3.42. The number of nitrogens with zero attached hydrogens (tertiary/aromatic N) is 1. The number of nitrogens with one attached hydrogen (secondary N) is 1. The van der Waals surface area contributed by atoms with E-state index in [0.717, 1.165) is 21.3 Å². The Labute approximate surface area is 121 Å². The number of benzene rings is 1. The molecule has 0 bridgehead atoms. The zero-order valence-electron chi connectivity index (χ0n) is 9.34. The van der Waals surface area contributed by atoms with Crippen LogP contribution in [0.4, 0.5) is 0 Å². The number of H-pyrrole nitrogens is 1. The van der Waals surface area contributed by atoms with Crippen molar-refractivity contribution < 1.29 is 0 Å². The standard InChI is InChI=1S/C12H10BrIN2O/c1-6-5-8(3-4-9(6)13)11-15-7(2)10(14)12(17)16-11/h3-5H,1-2H3,(H,15,16,17). The fourth-order valence-corrected chi connectivity index (χ4v) is 2.00. The van der Waals surface area contributed by atoms with E-state index < -0.39 is 0 Å². The van der Waals surface area contributed by atoms with Gasteiger partial charge in [-0.3, -0.25) is 4.79 Å². The molecule has 0 atom stereocenters. The minimum absolute atomic E-state index is 0.0892. The van der Waals surface area contributed by atoms with Gasteiger partial charge in [-0.25, -0.2) is 4.98 Å². The Morgan fingerprint density at radius 1 is 1.35 bits per heavy atom. The molecule has 0 aliphatic carbocycles. The summed E-state index contributed by atoms with van der Waals surface area (Å²) in [5, 5.41) is 0. The molecule has 0 radical (unpaired) electrons. The van der Waals surface area contributed by atoms with Gasteiger partial charge in [-0.15, -0.1) is 0 Å². The van der Waals surface area contributed by atoms with Gasteiger partial charge in [-0.05, 0) is 54.1 Å². The topological polar surface area (TPSA) is 45.8 Å². The number of hydrogen-bond acceptors (Lipinski definition) is 2. The van der Waals surface area contributed by atoms with Crippen molar-refractivity contribution in [3.8, 4) is 11.4 Å². The van der Waals surface area contributed by atoms with E-state index >= 15 is 0 Å². The van der Waals surface area contributed by atoms with Crippen molar-refractivity contribution in [1.29, 1.82) is 0 Å². The highest BCUT2D eigenvalue weighted by molar-refractivity contribution is 14.1. The lowest BCUT2D eigenvalue weighted by atomic mass is 10.1. The molecule has 0 aliphatic rings. The largest absolute Gasteiger partial charge is 0.306 e. The zero-order chi connectivity index (χ0) is 12.6. The van der Waals surface area contributed by atoms with E-state index in [1.54, 1.807) is 0 Å². The van der Waals surface area contributed by atoms with Gasteiger partial charge < -0.3 is 4.98 Å². The highest BCUT2D eigenvalue weighted by atomic mass is 127. The molecule has 0 unspecified atom stereocenters. The summed E-state index contributed by atoms with van der Waals surface area (Å²) in [6.07, 6.45) is 0. The van der Waals surface area contributed by atoms with Crippen molar-refractivity contribution in [1.82, 2.24) is 9.97 Å².